The van der Waals surface area contributed by atoms with Gasteiger partial charge in [0.1, 0.15) is 11.9 Å². The molecule has 0 bridgehead atoms. The van der Waals surface area contributed by atoms with Crippen LogP contribution in [0.2, 0.25) is 0 Å². The molecule has 1 aromatic carbocycles. The van der Waals surface area contributed by atoms with Gasteiger partial charge in [-0.3, -0.25) is 9.59 Å². The van der Waals surface area contributed by atoms with Crippen molar-refractivity contribution in [1.29, 1.82) is 0 Å². The summed E-state index contributed by atoms with van der Waals surface area (Å²) in [6.45, 7) is 3.07. The Morgan fingerprint density at radius 2 is 2.00 bits per heavy atom. The van der Waals surface area contributed by atoms with Gasteiger partial charge in [0.05, 0.1) is 25.2 Å². The van der Waals surface area contributed by atoms with Crippen molar-refractivity contribution in [1.82, 2.24) is 19.8 Å². The van der Waals surface area contributed by atoms with E-state index < -0.39 is 0 Å². The Labute approximate surface area is 186 Å². The zero-order valence-corrected chi connectivity index (χ0v) is 18.3. The molecule has 2 aliphatic heterocycles. The SMILES string of the molecule is COCCCNC(=O)C1CCN(C(=O)c2ncn3c2CO[C@@H](c2ccc(F)cc2)C3)CC1. The van der Waals surface area contributed by atoms with E-state index in [2.05, 4.69) is 10.3 Å². The van der Waals surface area contributed by atoms with Gasteiger partial charge in [0.15, 0.2) is 5.69 Å². The van der Waals surface area contributed by atoms with Gasteiger partial charge in [0.25, 0.3) is 5.91 Å². The summed E-state index contributed by atoms with van der Waals surface area (Å²) >= 11 is 0. The highest BCUT2D eigenvalue weighted by atomic mass is 19.1. The van der Waals surface area contributed by atoms with Gasteiger partial charge in [-0.2, -0.15) is 0 Å². The third-order valence-electron chi connectivity index (χ3n) is 6.15. The van der Waals surface area contributed by atoms with E-state index in [1.54, 1.807) is 30.5 Å². The zero-order chi connectivity index (χ0) is 22.5. The number of nitrogens with zero attached hydrogens (tertiary/aromatic N) is 3. The smallest absolute Gasteiger partial charge is 0.274 e. The van der Waals surface area contributed by atoms with Gasteiger partial charge in [0.2, 0.25) is 5.91 Å². The number of carbonyl (C=O) groups is 2. The van der Waals surface area contributed by atoms with Crippen LogP contribution in [-0.2, 0) is 27.4 Å². The number of rotatable bonds is 7. The van der Waals surface area contributed by atoms with Gasteiger partial charge in [0, 0.05) is 39.3 Å². The highest BCUT2D eigenvalue weighted by Crippen LogP contribution is 2.29. The normalized spacial score (nSPS) is 18.9. The van der Waals surface area contributed by atoms with E-state index in [4.69, 9.17) is 9.47 Å². The summed E-state index contributed by atoms with van der Waals surface area (Å²) in [5, 5.41) is 2.94. The fraction of sp³-hybridized carbons (Fsp3) is 0.522. The van der Waals surface area contributed by atoms with Gasteiger partial charge in [-0.05, 0) is 37.0 Å². The Hall–Kier alpha value is -2.78. The average Bonchev–Trinajstić information content (AvgIpc) is 3.25. The first-order chi connectivity index (χ1) is 15.6. The van der Waals surface area contributed by atoms with Crippen molar-refractivity contribution in [3.05, 3.63) is 53.4 Å². The number of likely N-dealkylation sites (tertiary alicyclic amines) is 1. The molecule has 9 heteroatoms. The number of halogens is 1. The molecule has 0 unspecified atom stereocenters. The van der Waals surface area contributed by atoms with E-state index in [1.165, 1.54) is 12.1 Å². The van der Waals surface area contributed by atoms with E-state index in [0.29, 0.717) is 51.3 Å². The Bertz CT molecular complexity index is 938. The molecule has 32 heavy (non-hydrogen) atoms. The molecule has 8 nitrogen and oxygen atoms in total. The van der Waals surface area contributed by atoms with E-state index in [0.717, 1.165) is 17.7 Å². The molecule has 172 valence electrons. The molecule has 1 fully saturated rings. The number of ether oxygens (including phenoxy) is 2. The second-order valence-corrected chi connectivity index (χ2v) is 8.25. The summed E-state index contributed by atoms with van der Waals surface area (Å²) in [5.41, 5.74) is 2.05. The van der Waals surface area contributed by atoms with Crippen molar-refractivity contribution in [3.8, 4) is 0 Å². The standard InChI is InChI=1S/C23H29FN4O4/c1-31-12-2-9-25-22(29)17-7-10-27(11-8-17)23(30)21-19-14-32-20(13-28(19)15-26-21)16-3-5-18(24)6-4-16/h3-6,15,17,20H,2,7-14H2,1H3,(H,25,29)/t20-/m1/s1. The number of benzene rings is 1. The summed E-state index contributed by atoms with van der Waals surface area (Å²) < 4.78 is 26.1. The van der Waals surface area contributed by atoms with Crippen molar-refractivity contribution in [3.63, 3.8) is 0 Å². The molecular weight excluding hydrogens is 415 g/mol. The molecule has 1 N–H and O–H groups in total. The summed E-state index contributed by atoms with van der Waals surface area (Å²) in [6.07, 6.45) is 3.53. The lowest BCUT2D eigenvalue weighted by atomic mass is 9.95. The van der Waals surface area contributed by atoms with Gasteiger partial charge in [-0.25, -0.2) is 9.37 Å². The molecule has 2 aliphatic rings. The topological polar surface area (TPSA) is 85.7 Å². The van der Waals surface area contributed by atoms with Gasteiger partial charge in [-0.1, -0.05) is 12.1 Å². The maximum Gasteiger partial charge on any atom is 0.274 e. The minimum Gasteiger partial charge on any atom is -0.385 e. The molecule has 0 spiro atoms. The average molecular weight is 445 g/mol. The fourth-order valence-corrected chi connectivity index (χ4v) is 4.25. The Morgan fingerprint density at radius 3 is 2.72 bits per heavy atom. The predicted octanol–water partition coefficient (Wildman–Crippen LogP) is 2.30. The first-order valence-corrected chi connectivity index (χ1v) is 11.0. The van der Waals surface area contributed by atoms with Crippen LogP contribution in [0.1, 0.15) is 47.1 Å². The maximum atomic E-state index is 13.2. The number of piperidine rings is 1. The predicted molar refractivity (Wildman–Crippen MR) is 114 cm³/mol. The van der Waals surface area contributed by atoms with Crippen LogP contribution < -0.4 is 5.32 Å². The van der Waals surface area contributed by atoms with Crippen LogP contribution in [0.5, 0.6) is 0 Å². The number of hydrogen-bond acceptors (Lipinski definition) is 5. The lowest BCUT2D eigenvalue weighted by Gasteiger charge is -2.31. The number of imidazole rings is 1. The van der Waals surface area contributed by atoms with Crippen LogP contribution >= 0.6 is 0 Å². The highest BCUT2D eigenvalue weighted by Gasteiger charge is 2.32. The van der Waals surface area contributed by atoms with Crippen LogP contribution in [0.4, 0.5) is 4.39 Å². The van der Waals surface area contributed by atoms with E-state index in [1.807, 2.05) is 4.57 Å². The molecule has 4 rings (SSSR count). The van der Waals surface area contributed by atoms with Crippen molar-refractivity contribution in [2.24, 2.45) is 5.92 Å². The van der Waals surface area contributed by atoms with Gasteiger partial charge < -0.3 is 24.3 Å². The first-order valence-electron chi connectivity index (χ1n) is 11.0. The molecule has 1 atom stereocenters. The first kappa shape index (κ1) is 22.4. The number of nitrogens with one attached hydrogen (secondary N) is 1. The van der Waals surface area contributed by atoms with Crippen LogP contribution in [-0.4, -0.2) is 59.6 Å². The number of aromatic nitrogens is 2. The van der Waals surface area contributed by atoms with Crippen molar-refractivity contribution < 1.29 is 23.5 Å². The summed E-state index contributed by atoms with van der Waals surface area (Å²) in [7, 11) is 1.64. The molecule has 2 amide bonds. The number of fused-ring (bicyclic) bond motifs is 1. The Kier molecular flexibility index (Phi) is 7.16. The van der Waals surface area contributed by atoms with Crippen molar-refractivity contribution in [2.75, 3.05) is 33.4 Å². The molecule has 1 saturated heterocycles. The minimum absolute atomic E-state index is 0.0489. The van der Waals surface area contributed by atoms with Crippen molar-refractivity contribution in [2.45, 2.75) is 38.5 Å². The quantitative estimate of drug-likeness (QED) is 0.663. The number of amides is 2. The largest absolute Gasteiger partial charge is 0.385 e. The summed E-state index contributed by atoms with van der Waals surface area (Å²) in [6, 6.07) is 6.26. The second-order valence-electron chi connectivity index (χ2n) is 8.25. The van der Waals surface area contributed by atoms with Crippen LogP contribution in [0.15, 0.2) is 30.6 Å². The molecule has 1 aromatic heterocycles. The number of carbonyl (C=O) groups excluding carboxylic acids is 2. The van der Waals surface area contributed by atoms with Crippen LogP contribution in [0.25, 0.3) is 0 Å². The Morgan fingerprint density at radius 1 is 1.25 bits per heavy atom. The van der Waals surface area contributed by atoms with E-state index >= 15 is 0 Å². The van der Waals surface area contributed by atoms with Crippen LogP contribution in [0.3, 0.4) is 0 Å². The van der Waals surface area contributed by atoms with E-state index in [9.17, 15) is 14.0 Å². The van der Waals surface area contributed by atoms with E-state index in [-0.39, 0.29) is 36.3 Å². The highest BCUT2D eigenvalue weighted by molar-refractivity contribution is 5.93. The molecule has 0 radical (unpaired) electrons. The molecule has 0 aliphatic carbocycles. The number of hydrogen-bond donors (Lipinski definition) is 1. The molecule has 0 saturated carbocycles. The monoisotopic (exact) mass is 444 g/mol. The van der Waals surface area contributed by atoms with Crippen molar-refractivity contribution >= 4 is 11.8 Å². The molecular formula is C23H29FN4O4. The van der Waals surface area contributed by atoms with Gasteiger partial charge in [-0.15, -0.1) is 0 Å². The minimum atomic E-state index is -0.284. The second kappa shape index (κ2) is 10.2. The Balaban J connectivity index is 1.32. The summed E-state index contributed by atoms with van der Waals surface area (Å²) in [5.74, 6) is -0.431. The van der Waals surface area contributed by atoms with Crippen LogP contribution in [0, 0.1) is 11.7 Å². The lowest BCUT2D eigenvalue weighted by Crippen LogP contribution is -2.43. The fourth-order valence-electron chi connectivity index (χ4n) is 4.25. The zero-order valence-electron chi connectivity index (χ0n) is 18.3. The third kappa shape index (κ3) is 4.99. The molecule has 3 heterocycles. The summed E-state index contributed by atoms with van der Waals surface area (Å²) in [4.78, 5) is 31.5. The van der Waals surface area contributed by atoms with Gasteiger partial charge >= 0.3 is 0 Å². The third-order valence-corrected chi connectivity index (χ3v) is 6.15. The molecule has 2 aromatic rings. The lowest BCUT2D eigenvalue weighted by molar-refractivity contribution is -0.126. The number of methoxy groups -OCH3 is 1. The maximum absolute atomic E-state index is 13.2.